The first kappa shape index (κ1) is 22.2. The van der Waals surface area contributed by atoms with Crippen molar-refractivity contribution in [3.05, 3.63) is 0 Å². The molecule has 168 valence electrons. The number of hydroxylamine groups is 2. The number of carbonyl (C=O) groups excluding carboxylic acids is 3. The third-order valence-corrected chi connectivity index (χ3v) is 5.58. The van der Waals surface area contributed by atoms with Crippen molar-refractivity contribution in [3.63, 3.8) is 0 Å². The Balaban J connectivity index is 1.41. The Hall–Kier alpha value is -2.45. The number of aliphatic imine (C=N–C) groups is 1. The topological polar surface area (TPSA) is 161 Å². The van der Waals surface area contributed by atoms with Gasteiger partial charge in [-0.2, -0.15) is 13.5 Å². The quantitative estimate of drug-likeness (QED) is 0.195. The van der Waals surface area contributed by atoms with E-state index in [0.717, 1.165) is 30.8 Å². The summed E-state index contributed by atoms with van der Waals surface area (Å²) in [4.78, 5) is 44.0. The molecule has 3 aliphatic rings. The zero-order chi connectivity index (χ0) is 21.7. The van der Waals surface area contributed by atoms with E-state index in [4.69, 9.17) is 4.55 Å². The standard InChI is InChI=1S/C16H26N6O7S/c23-14(6-7-17-11-20-8-2-1-3-9-20)18-19-15(24)13-5-4-12-10-21(13)16(25)22(12)29-30(26,27)28/h11-13H,1-10H2,(H,18,23)(H,19,24)(H,26,27,28)/b17-11+/t12?,13-/m0/s1. The van der Waals surface area contributed by atoms with E-state index in [2.05, 4.69) is 25.0 Å². The van der Waals surface area contributed by atoms with E-state index in [1.54, 1.807) is 6.34 Å². The van der Waals surface area contributed by atoms with Crippen LogP contribution in [0.15, 0.2) is 4.99 Å². The second-order valence-corrected chi connectivity index (χ2v) is 8.42. The fourth-order valence-corrected chi connectivity index (χ4v) is 4.14. The van der Waals surface area contributed by atoms with Gasteiger partial charge in [-0.1, -0.05) is 0 Å². The third-order valence-electron chi connectivity index (χ3n) is 5.23. The molecule has 3 saturated heterocycles. The molecule has 0 aliphatic carbocycles. The number of hydrogen-bond donors (Lipinski definition) is 3. The highest BCUT2D eigenvalue weighted by molar-refractivity contribution is 7.80. The predicted octanol–water partition coefficient (Wildman–Crippen LogP) is -0.959. The van der Waals surface area contributed by atoms with Crippen LogP contribution in [0.5, 0.6) is 0 Å². The number of hydrogen-bond acceptors (Lipinski definition) is 7. The van der Waals surface area contributed by atoms with Crippen LogP contribution in [0.1, 0.15) is 38.5 Å². The van der Waals surface area contributed by atoms with Crippen LogP contribution in [0.25, 0.3) is 0 Å². The molecular weight excluding hydrogens is 420 g/mol. The molecule has 0 spiro atoms. The molecule has 0 saturated carbocycles. The van der Waals surface area contributed by atoms with Crippen molar-refractivity contribution in [2.24, 2.45) is 4.99 Å². The molecule has 2 bridgehead atoms. The van der Waals surface area contributed by atoms with Crippen molar-refractivity contribution in [2.75, 3.05) is 26.2 Å². The van der Waals surface area contributed by atoms with Gasteiger partial charge in [0, 0.05) is 32.6 Å². The highest BCUT2D eigenvalue weighted by atomic mass is 32.3. The van der Waals surface area contributed by atoms with Crippen LogP contribution in [-0.2, 0) is 24.3 Å². The first-order valence-electron chi connectivity index (χ1n) is 9.84. The predicted molar refractivity (Wildman–Crippen MR) is 103 cm³/mol. The van der Waals surface area contributed by atoms with Gasteiger partial charge in [0.2, 0.25) is 5.91 Å². The molecule has 1 unspecified atom stereocenters. The monoisotopic (exact) mass is 446 g/mol. The van der Waals surface area contributed by atoms with Gasteiger partial charge in [-0.25, -0.2) is 4.79 Å². The average molecular weight is 446 g/mol. The van der Waals surface area contributed by atoms with Gasteiger partial charge in [0.1, 0.15) is 6.04 Å². The first-order chi connectivity index (χ1) is 14.2. The van der Waals surface area contributed by atoms with E-state index < -0.39 is 40.3 Å². The number of hydrazine groups is 1. The molecule has 3 aliphatic heterocycles. The molecule has 3 N–H and O–H groups in total. The fourth-order valence-electron chi connectivity index (χ4n) is 3.75. The molecule has 3 fully saturated rings. The summed E-state index contributed by atoms with van der Waals surface area (Å²) in [5.41, 5.74) is 4.58. The number of fused-ring (bicyclic) bond motifs is 2. The van der Waals surface area contributed by atoms with Crippen LogP contribution in [0.2, 0.25) is 0 Å². The molecule has 30 heavy (non-hydrogen) atoms. The second-order valence-electron chi connectivity index (χ2n) is 7.42. The SMILES string of the molecule is O=C(CC/N=C/N1CCCCC1)NNC(=O)[C@@H]1CCC2CN1C(=O)N2OS(=O)(=O)O. The van der Waals surface area contributed by atoms with Crippen molar-refractivity contribution >= 4 is 34.6 Å². The van der Waals surface area contributed by atoms with Gasteiger partial charge in [0.25, 0.3) is 5.91 Å². The maximum atomic E-state index is 12.4. The molecule has 4 amide bonds. The average Bonchev–Trinajstić information content (AvgIpc) is 2.94. The van der Waals surface area contributed by atoms with Gasteiger partial charge in [-0.15, -0.1) is 4.28 Å². The molecule has 3 heterocycles. The van der Waals surface area contributed by atoms with E-state index >= 15 is 0 Å². The Labute approximate surface area is 174 Å². The Morgan fingerprint density at radius 1 is 1.20 bits per heavy atom. The number of amides is 4. The molecule has 13 nitrogen and oxygen atoms in total. The summed E-state index contributed by atoms with van der Waals surface area (Å²) in [5, 5.41) is 0.557. The maximum Gasteiger partial charge on any atom is 0.418 e. The molecular formula is C16H26N6O7S. The lowest BCUT2D eigenvalue weighted by molar-refractivity contribution is -0.131. The van der Waals surface area contributed by atoms with Gasteiger partial charge >= 0.3 is 16.4 Å². The van der Waals surface area contributed by atoms with Crippen molar-refractivity contribution in [1.29, 1.82) is 0 Å². The lowest BCUT2D eigenvalue weighted by Gasteiger charge is -2.29. The summed E-state index contributed by atoms with van der Waals surface area (Å²) in [6.45, 7) is 2.30. The van der Waals surface area contributed by atoms with Crippen molar-refractivity contribution in [3.8, 4) is 0 Å². The Morgan fingerprint density at radius 2 is 1.93 bits per heavy atom. The molecule has 0 radical (unpaired) electrons. The van der Waals surface area contributed by atoms with Crippen molar-refractivity contribution < 1.29 is 31.6 Å². The molecule has 14 heteroatoms. The van der Waals surface area contributed by atoms with Gasteiger partial charge < -0.3 is 9.80 Å². The van der Waals surface area contributed by atoms with Gasteiger partial charge in [0.05, 0.1) is 12.4 Å². The van der Waals surface area contributed by atoms with Gasteiger partial charge in [0.15, 0.2) is 0 Å². The number of carbonyl (C=O) groups is 3. The summed E-state index contributed by atoms with van der Waals surface area (Å²) < 4.78 is 34.9. The molecule has 3 rings (SSSR count). The van der Waals surface area contributed by atoms with E-state index in [-0.39, 0.29) is 25.9 Å². The first-order valence-corrected chi connectivity index (χ1v) is 11.2. The molecule has 2 atom stereocenters. The minimum absolute atomic E-state index is 0.0750. The Bertz CT molecular complexity index is 798. The smallest absolute Gasteiger partial charge is 0.363 e. The minimum Gasteiger partial charge on any atom is -0.363 e. The zero-order valence-corrected chi connectivity index (χ0v) is 17.2. The van der Waals surface area contributed by atoms with Crippen molar-refractivity contribution in [2.45, 2.75) is 50.6 Å². The van der Waals surface area contributed by atoms with Crippen LogP contribution in [0.4, 0.5) is 4.79 Å². The van der Waals surface area contributed by atoms with Gasteiger partial charge in [-0.3, -0.25) is 30.0 Å². The van der Waals surface area contributed by atoms with Crippen LogP contribution < -0.4 is 10.9 Å². The lowest BCUT2D eigenvalue weighted by Crippen LogP contribution is -2.54. The molecule has 0 aromatic carbocycles. The van der Waals surface area contributed by atoms with Crippen LogP contribution in [0.3, 0.4) is 0 Å². The summed E-state index contributed by atoms with van der Waals surface area (Å²) in [7, 11) is -4.85. The van der Waals surface area contributed by atoms with Crippen LogP contribution >= 0.6 is 0 Å². The van der Waals surface area contributed by atoms with E-state index in [1.807, 2.05) is 0 Å². The summed E-state index contributed by atoms with van der Waals surface area (Å²) in [6, 6.07) is -2.31. The molecule has 0 aromatic heterocycles. The normalized spacial score (nSPS) is 24.4. The largest absolute Gasteiger partial charge is 0.418 e. The maximum absolute atomic E-state index is 12.4. The summed E-state index contributed by atoms with van der Waals surface area (Å²) in [6.07, 6.45) is 5.90. The van der Waals surface area contributed by atoms with Crippen LogP contribution in [0, 0.1) is 0 Å². The van der Waals surface area contributed by atoms with E-state index in [9.17, 15) is 22.8 Å². The third kappa shape index (κ3) is 5.79. The second kappa shape index (κ2) is 9.57. The lowest BCUT2D eigenvalue weighted by atomic mass is 10.0. The van der Waals surface area contributed by atoms with E-state index in [0.29, 0.717) is 11.5 Å². The number of nitrogens with one attached hydrogen (secondary N) is 2. The minimum atomic E-state index is -4.85. The summed E-state index contributed by atoms with van der Waals surface area (Å²) >= 11 is 0. The Kier molecular flexibility index (Phi) is 7.10. The van der Waals surface area contributed by atoms with Crippen molar-refractivity contribution in [1.82, 2.24) is 25.7 Å². The number of piperidine rings is 2. The zero-order valence-electron chi connectivity index (χ0n) is 16.4. The van der Waals surface area contributed by atoms with Crippen LogP contribution in [-0.4, -0.2) is 90.3 Å². The fraction of sp³-hybridized carbons (Fsp3) is 0.750. The highest BCUT2D eigenvalue weighted by Crippen LogP contribution is 2.30. The number of likely N-dealkylation sites (tertiary alicyclic amines) is 1. The number of rotatable bonds is 7. The summed E-state index contributed by atoms with van der Waals surface area (Å²) in [5.74, 6) is -1.02. The van der Waals surface area contributed by atoms with Gasteiger partial charge in [-0.05, 0) is 32.1 Å². The highest BCUT2D eigenvalue weighted by Gasteiger charge is 2.49. The number of nitrogens with zero attached hydrogens (tertiary/aromatic N) is 4. The number of urea groups is 1. The molecule has 0 aromatic rings. The Morgan fingerprint density at radius 3 is 2.63 bits per heavy atom. The van der Waals surface area contributed by atoms with E-state index in [1.165, 1.54) is 6.42 Å².